The molecule has 2 aliphatic heterocycles. The van der Waals surface area contributed by atoms with Gasteiger partial charge in [0.25, 0.3) is 5.91 Å². The molecule has 3 aromatic heterocycles. The number of hydrogen-bond donors (Lipinski definition) is 3. The lowest BCUT2D eigenvalue weighted by Crippen LogP contribution is -2.48. The topological polar surface area (TPSA) is 126 Å². The molecule has 0 atom stereocenters. The summed E-state index contributed by atoms with van der Waals surface area (Å²) in [5, 5.41) is 8.27. The van der Waals surface area contributed by atoms with E-state index in [-0.39, 0.29) is 35.1 Å². The van der Waals surface area contributed by atoms with Gasteiger partial charge in [-0.3, -0.25) is 4.79 Å². The van der Waals surface area contributed by atoms with Crippen LogP contribution in [0.5, 0.6) is 5.75 Å². The molecule has 1 saturated heterocycles. The van der Waals surface area contributed by atoms with Crippen molar-refractivity contribution in [2.75, 3.05) is 40.5 Å². The second-order valence-corrected chi connectivity index (χ2v) is 9.81. The normalized spacial score (nSPS) is 17.9. The second-order valence-electron chi connectivity index (χ2n) is 9.81. The minimum Gasteiger partial charge on any atom is -0.474 e. The first-order chi connectivity index (χ1) is 17.5. The monoisotopic (exact) mass is 512 g/mol. The Labute approximate surface area is 211 Å². The van der Waals surface area contributed by atoms with E-state index in [9.17, 15) is 13.6 Å². The van der Waals surface area contributed by atoms with Crippen LogP contribution >= 0.6 is 0 Å². The van der Waals surface area contributed by atoms with Gasteiger partial charge in [-0.05, 0) is 39.8 Å². The zero-order valence-corrected chi connectivity index (χ0v) is 20.7. The number of carbonyl (C=O) groups is 1. The van der Waals surface area contributed by atoms with Crippen LogP contribution in [0.2, 0.25) is 0 Å². The van der Waals surface area contributed by atoms with Gasteiger partial charge in [-0.25, -0.2) is 23.7 Å². The fourth-order valence-electron chi connectivity index (χ4n) is 3.96. The van der Waals surface area contributed by atoms with Gasteiger partial charge in [0, 0.05) is 19.2 Å². The van der Waals surface area contributed by atoms with E-state index in [0.717, 1.165) is 6.20 Å². The zero-order valence-electron chi connectivity index (χ0n) is 20.7. The quantitative estimate of drug-likeness (QED) is 0.465. The molecule has 1 fully saturated rings. The summed E-state index contributed by atoms with van der Waals surface area (Å²) in [5.74, 6) is -0.732. The lowest BCUT2D eigenvalue weighted by molar-refractivity contribution is -0.129. The highest BCUT2D eigenvalue weighted by Crippen LogP contribution is 2.34. The molecule has 0 spiro atoms. The van der Waals surface area contributed by atoms with Crippen LogP contribution in [0.25, 0.3) is 0 Å². The highest BCUT2D eigenvalue weighted by Gasteiger charge is 2.36. The van der Waals surface area contributed by atoms with Gasteiger partial charge >= 0.3 is 0 Å². The molecule has 11 nitrogen and oxygen atoms in total. The number of rotatable bonds is 5. The van der Waals surface area contributed by atoms with Crippen LogP contribution in [-0.4, -0.2) is 56.7 Å². The molecule has 37 heavy (non-hydrogen) atoms. The van der Waals surface area contributed by atoms with Crippen molar-refractivity contribution in [3.05, 3.63) is 42.2 Å². The number of amides is 1. The molecule has 5 heterocycles. The predicted molar refractivity (Wildman–Crippen MR) is 133 cm³/mol. The minimum absolute atomic E-state index is 0.0155. The number of carbonyl (C=O) groups excluding carboxylic acids is 1. The van der Waals surface area contributed by atoms with Crippen molar-refractivity contribution in [2.24, 2.45) is 0 Å². The van der Waals surface area contributed by atoms with Crippen LogP contribution in [0, 0.1) is 11.6 Å². The molecule has 3 N–H and O–H groups in total. The Hall–Kier alpha value is -4.13. The van der Waals surface area contributed by atoms with Crippen molar-refractivity contribution >= 4 is 40.8 Å². The number of halogens is 2. The Kier molecular flexibility index (Phi) is 6.02. The Morgan fingerprint density at radius 3 is 2.62 bits per heavy atom. The summed E-state index contributed by atoms with van der Waals surface area (Å²) >= 11 is 0. The molecule has 2 aliphatic rings. The van der Waals surface area contributed by atoms with E-state index in [0.29, 0.717) is 31.1 Å². The maximum Gasteiger partial charge on any atom is 0.269 e. The first-order valence-corrected chi connectivity index (χ1v) is 11.6. The van der Waals surface area contributed by atoms with E-state index < -0.39 is 22.8 Å². The third kappa shape index (κ3) is 5.21. The summed E-state index contributed by atoms with van der Waals surface area (Å²) in [6.45, 7) is 8.67. The number of aromatic nitrogens is 4. The molecule has 194 valence electrons. The summed E-state index contributed by atoms with van der Waals surface area (Å²) in [6.07, 6.45) is 2.42. The largest absolute Gasteiger partial charge is 0.474 e. The molecular weight excluding hydrogens is 486 g/mol. The van der Waals surface area contributed by atoms with Gasteiger partial charge in [0.15, 0.2) is 40.4 Å². The number of ether oxygens (including phenoxy) is 2. The summed E-state index contributed by atoms with van der Waals surface area (Å²) in [7, 11) is 0. The van der Waals surface area contributed by atoms with Crippen molar-refractivity contribution in [1.29, 1.82) is 0 Å². The van der Waals surface area contributed by atoms with Gasteiger partial charge in [0.2, 0.25) is 5.95 Å². The number of nitrogens with one attached hydrogen (secondary N) is 3. The molecule has 0 radical (unpaired) electrons. The van der Waals surface area contributed by atoms with Gasteiger partial charge < -0.3 is 30.3 Å². The molecule has 3 aromatic rings. The lowest BCUT2D eigenvalue weighted by Gasteiger charge is -2.38. The number of pyridine rings is 2. The van der Waals surface area contributed by atoms with Gasteiger partial charge in [-0.1, -0.05) is 0 Å². The van der Waals surface area contributed by atoms with Crippen LogP contribution in [0.3, 0.4) is 0 Å². The van der Waals surface area contributed by atoms with Crippen LogP contribution in [0.1, 0.15) is 27.7 Å². The molecule has 0 aromatic carbocycles. The van der Waals surface area contributed by atoms with E-state index >= 15 is 0 Å². The Morgan fingerprint density at radius 1 is 1.05 bits per heavy atom. The third-order valence-corrected chi connectivity index (χ3v) is 5.80. The first kappa shape index (κ1) is 24.6. The number of morpholine rings is 1. The zero-order chi connectivity index (χ0) is 26.4. The maximum atomic E-state index is 14.9. The van der Waals surface area contributed by atoms with Gasteiger partial charge in [0.05, 0.1) is 30.3 Å². The Morgan fingerprint density at radius 2 is 1.86 bits per heavy atom. The summed E-state index contributed by atoms with van der Waals surface area (Å²) < 4.78 is 40.7. The molecule has 13 heteroatoms. The standard InChI is InChI=1S/C24H26F2N8O3/c1-23(2)12-34(7-8-36-23)20-14(25)9-13(10-27-20)29-22-28-11-15(26)18(33-22)30-17-6-5-16-19(31-17)32-21(35)24(3,4)37-16/h5-6,9-11H,7-8,12H2,1-4H3,(H3,28,29,30,31,32,33,35). The molecule has 5 rings (SSSR count). The van der Waals surface area contributed by atoms with E-state index in [1.807, 2.05) is 18.7 Å². The molecule has 0 saturated carbocycles. The third-order valence-electron chi connectivity index (χ3n) is 5.80. The van der Waals surface area contributed by atoms with E-state index in [4.69, 9.17) is 9.47 Å². The SMILES string of the molecule is CC1(C)CN(c2ncc(Nc3ncc(F)c(Nc4ccc5c(n4)NC(=O)C(C)(C)O5)n3)cc2F)CCO1. The molecule has 0 unspecified atom stereocenters. The van der Waals surface area contributed by atoms with Crippen LogP contribution in [0.15, 0.2) is 30.6 Å². The molecule has 0 aliphatic carbocycles. The minimum atomic E-state index is -1.03. The van der Waals surface area contributed by atoms with Crippen molar-refractivity contribution in [3.63, 3.8) is 0 Å². The van der Waals surface area contributed by atoms with Gasteiger partial charge in [-0.2, -0.15) is 4.98 Å². The van der Waals surface area contributed by atoms with E-state index in [1.54, 1.807) is 26.0 Å². The van der Waals surface area contributed by atoms with Crippen LogP contribution in [0.4, 0.5) is 43.7 Å². The van der Waals surface area contributed by atoms with Crippen molar-refractivity contribution in [3.8, 4) is 5.75 Å². The second kappa shape index (κ2) is 9.07. The van der Waals surface area contributed by atoms with E-state index in [1.165, 1.54) is 12.3 Å². The van der Waals surface area contributed by atoms with Crippen molar-refractivity contribution < 1.29 is 23.0 Å². The van der Waals surface area contributed by atoms with Gasteiger partial charge in [0.1, 0.15) is 5.82 Å². The Balaban J connectivity index is 1.31. The van der Waals surface area contributed by atoms with Crippen LogP contribution < -0.4 is 25.6 Å². The summed E-state index contributed by atoms with van der Waals surface area (Å²) in [4.78, 5) is 30.6. The fraction of sp³-hybridized carbons (Fsp3) is 0.375. The number of fused-ring (bicyclic) bond motifs is 1. The first-order valence-electron chi connectivity index (χ1n) is 11.6. The highest BCUT2D eigenvalue weighted by atomic mass is 19.1. The lowest BCUT2D eigenvalue weighted by atomic mass is 10.1. The average Bonchev–Trinajstić information content (AvgIpc) is 2.81. The highest BCUT2D eigenvalue weighted by molar-refractivity contribution is 5.99. The molecular formula is C24H26F2N8O3. The Bertz CT molecular complexity index is 1370. The molecule has 0 bridgehead atoms. The van der Waals surface area contributed by atoms with Crippen LogP contribution in [-0.2, 0) is 9.53 Å². The predicted octanol–water partition coefficient (Wildman–Crippen LogP) is 3.76. The van der Waals surface area contributed by atoms with Gasteiger partial charge in [-0.15, -0.1) is 0 Å². The number of hydrogen-bond acceptors (Lipinski definition) is 10. The summed E-state index contributed by atoms with van der Waals surface area (Å²) in [6, 6.07) is 4.45. The smallest absolute Gasteiger partial charge is 0.269 e. The average molecular weight is 513 g/mol. The summed E-state index contributed by atoms with van der Waals surface area (Å²) in [5.41, 5.74) is -1.15. The fourth-order valence-corrected chi connectivity index (χ4v) is 3.96. The van der Waals surface area contributed by atoms with Crippen molar-refractivity contribution in [2.45, 2.75) is 38.9 Å². The number of anilines is 6. The maximum absolute atomic E-state index is 14.9. The molecule has 1 amide bonds. The number of nitrogens with zero attached hydrogens (tertiary/aromatic N) is 5. The van der Waals surface area contributed by atoms with Crippen molar-refractivity contribution in [1.82, 2.24) is 19.9 Å². The van der Waals surface area contributed by atoms with E-state index in [2.05, 4.69) is 35.9 Å².